The second-order valence-corrected chi connectivity index (χ2v) is 6.71. The summed E-state index contributed by atoms with van der Waals surface area (Å²) in [6.07, 6.45) is 9.88. The Morgan fingerprint density at radius 3 is 2.06 bits per heavy atom. The summed E-state index contributed by atoms with van der Waals surface area (Å²) in [5.41, 5.74) is 9.81. The summed E-state index contributed by atoms with van der Waals surface area (Å²) in [7, 11) is 0. The first-order valence-corrected chi connectivity index (χ1v) is 11.2. The molecule has 0 radical (unpaired) electrons. The number of nitrogens with two attached hydrogens (primary N) is 1. The van der Waals surface area contributed by atoms with Gasteiger partial charge in [-0.3, -0.25) is 9.59 Å². The minimum absolute atomic E-state index is 0.194. The molecule has 0 aliphatic rings. The Morgan fingerprint density at radius 2 is 1.45 bits per heavy atom. The highest BCUT2D eigenvalue weighted by molar-refractivity contribution is 5.96. The van der Waals surface area contributed by atoms with Crippen molar-refractivity contribution in [3.63, 3.8) is 0 Å². The molecular weight excluding hydrogens is 408 g/mol. The molecule has 4 nitrogen and oxygen atoms in total. The number of carbonyl (C=O) groups is 2. The molecule has 0 atom stereocenters. The van der Waals surface area contributed by atoms with Gasteiger partial charge in [-0.15, -0.1) is 0 Å². The molecule has 4 heteroatoms. The van der Waals surface area contributed by atoms with Crippen LogP contribution in [0.15, 0.2) is 103 Å². The fourth-order valence-corrected chi connectivity index (χ4v) is 2.82. The monoisotopic (exact) mass is 442 g/mol. The maximum absolute atomic E-state index is 12.1. The number of carbonyl (C=O) groups excluding carboxylic acids is 2. The van der Waals surface area contributed by atoms with Gasteiger partial charge in [-0.05, 0) is 36.6 Å². The molecule has 3 aromatic carbocycles. The van der Waals surface area contributed by atoms with Crippen LogP contribution in [0.25, 0.3) is 11.1 Å². The predicted molar refractivity (Wildman–Crippen MR) is 141 cm³/mol. The van der Waals surface area contributed by atoms with Crippen molar-refractivity contribution in [3.05, 3.63) is 109 Å². The van der Waals surface area contributed by atoms with Crippen LogP contribution in [0.2, 0.25) is 0 Å². The number of rotatable bonds is 8. The summed E-state index contributed by atoms with van der Waals surface area (Å²) in [5.74, 6) is 0.194. The highest BCUT2D eigenvalue weighted by atomic mass is 16.1. The summed E-state index contributed by atoms with van der Waals surface area (Å²) in [6, 6.07) is 25.1. The van der Waals surface area contributed by atoms with E-state index in [9.17, 15) is 9.59 Å². The highest BCUT2D eigenvalue weighted by Gasteiger charge is 2.05. The number of allylic oxidation sites excluding steroid dienone is 4. The van der Waals surface area contributed by atoms with Gasteiger partial charge in [-0.2, -0.15) is 0 Å². The molecule has 0 bridgehead atoms. The summed E-state index contributed by atoms with van der Waals surface area (Å²) >= 11 is 0. The third-order valence-electron chi connectivity index (χ3n) is 4.47. The predicted octanol–water partition coefficient (Wildman–Crippen LogP) is 7.31. The van der Waals surface area contributed by atoms with Crippen molar-refractivity contribution in [3.8, 4) is 11.1 Å². The lowest BCUT2D eigenvalue weighted by Crippen LogP contribution is -1.97. The molecule has 33 heavy (non-hydrogen) atoms. The maximum atomic E-state index is 12.1. The molecule has 0 saturated heterocycles. The van der Waals surface area contributed by atoms with Crippen LogP contribution in [-0.2, 0) is 4.79 Å². The number of benzene rings is 3. The Morgan fingerprint density at radius 1 is 0.848 bits per heavy atom. The van der Waals surface area contributed by atoms with Crippen LogP contribution in [0.4, 0.5) is 11.4 Å². The van der Waals surface area contributed by atoms with E-state index in [1.807, 2.05) is 99.7 Å². The van der Waals surface area contributed by atoms with Crippen LogP contribution in [-0.4, -0.2) is 12.2 Å². The summed E-state index contributed by atoms with van der Waals surface area (Å²) < 4.78 is 0. The quantitative estimate of drug-likeness (QED) is 0.166. The molecule has 3 rings (SSSR count). The normalized spacial score (nSPS) is 10.0. The summed E-state index contributed by atoms with van der Waals surface area (Å²) in [6.45, 7) is 5.98. The van der Waals surface area contributed by atoms with E-state index in [1.165, 1.54) is 5.56 Å². The van der Waals surface area contributed by atoms with Crippen LogP contribution in [0.3, 0.4) is 0 Å². The number of amides is 1. The van der Waals surface area contributed by atoms with Gasteiger partial charge in [-0.1, -0.05) is 105 Å². The van der Waals surface area contributed by atoms with Crippen LogP contribution >= 0.6 is 0 Å². The van der Waals surface area contributed by atoms with Gasteiger partial charge in [0.05, 0.1) is 11.4 Å². The number of Topliss-reactive ketones (excluding diaryl/α,β-unsaturated/α-hetero) is 1. The van der Waals surface area contributed by atoms with Gasteiger partial charge < -0.3 is 11.1 Å². The van der Waals surface area contributed by atoms with Gasteiger partial charge in [0.25, 0.3) is 0 Å². The van der Waals surface area contributed by atoms with Crippen molar-refractivity contribution in [2.24, 2.45) is 0 Å². The fourth-order valence-electron chi connectivity index (χ4n) is 2.82. The lowest BCUT2D eigenvalue weighted by molar-refractivity contribution is -0.105. The van der Waals surface area contributed by atoms with Crippen LogP contribution in [0.5, 0.6) is 0 Å². The Kier molecular flexibility index (Phi) is 13.7. The molecule has 0 unspecified atom stereocenters. The average molecular weight is 443 g/mol. The average Bonchev–Trinajstić information content (AvgIpc) is 2.87. The Balaban J connectivity index is 0.000000380. The van der Waals surface area contributed by atoms with E-state index >= 15 is 0 Å². The van der Waals surface area contributed by atoms with Gasteiger partial charge in [0.15, 0.2) is 5.78 Å². The number of nitrogen functional groups attached to an aromatic ring is 1. The van der Waals surface area contributed by atoms with Gasteiger partial charge >= 0.3 is 0 Å². The van der Waals surface area contributed by atoms with Crippen LogP contribution in [0, 0.1) is 0 Å². The zero-order valence-electron chi connectivity index (χ0n) is 19.7. The summed E-state index contributed by atoms with van der Waals surface area (Å²) in [4.78, 5) is 22.0. The third kappa shape index (κ3) is 10.3. The number of ketones is 1. The van der Waals surface area contributed by atoms with Crippen molar-refractivity contribution < 1.29 is 9.59 Å². The van der Waals surface area contributed by atoms with Crippen molar-refractivity contribution in [2.45, 2.75) is 33.6 Å². The molecule has 0 fully saturated rings. The van der Waals surface area contributed by atoms with Gasteiger partial charge in [0.1, 0.15) is 0 Å². The molecule has 1 amide bonds. The zero-order valence-corrected chi connectivity index (χ0v) is 19.7. The third-order valence-corrected chi connectivity index (χ3v) is 4.47. The number of hydrogen-bond donors (Lipinski definition) is 2. The molecule has 3 aromatic rings. The molecule has 0 heterocycles. The van der Waals surface area contributed by atoms with Crippen molar-refractivity contribution >= 4 is 23.6 Å². The largest absolute Gasteiger partial charge is 0.397 e. The van der Waals surface area contributed by atoms with Gasteiger partial charge in [-0.25, -0.2) is 0 Å². The second-order valence-electron chi connectivity index (χ2n) is 6.71. The molecule has 0 saturated carbocycles. The molecule has 0 aliphatic carbocycles. The number of anilines is 2. The fraction of sp³-hybridized carbons (Fsp3) is 0.172. The maximum Gasteiger partial charge on any atom is 0.211 e. The van der Waals surface area contributed by atoms with Gasteiger partial charge in [0, 0.05) is 12.0 Å². The van der Waals surface area contributed by atoms with E-state index in [-0.39, 0.29) is 5.78 Å². The molecule has 3 N–H and O–H groups in total. The first-order valence-electron chi connectivity index (χ1n) is 11.2. The minimum Gasteiger partial charge on any atom is -0.397 e. The molecular formula is C29H34N2O2. The van der Waals surface area contributed by atoms with E-state index in [1.54, 1.807) is 12.1 Å². The van der Waals surface area contributed by atoms with E-state index in [2.05, 4.69) is 17.4 Å². The van der Waals surface area contributed by atoms with Gasteiger partial charge in [0.2, 0.25) is 6.41 Å². The van der Waals surface area contributed by atoms with Crippen molar-refractivity contribution in [1.29, 1.82) is 0 Å². The second kappa shape index (κ2) is 16.7. The number of nitrogens with one attached hydrogen (secondary N) is 1. The Hall–Kier alpha value is -3.92. The van der Waals surface area contributed by atoms with Crippen LogP contribution in [0.1, 0.15) is 44.0 Å². The number of hydrogen-bond acceptors (Lipinski definition) is 3. The standard InChI is InChI=1S/C20H20O.C7H8N2O.C2H6/c1-2-3-4-5-9-12-20(21)19-15-13-18(14-16-19)17-10-7-6-8-11-17;8-6-3-1-2-4-7(6)9-5-10;1-2/h2-8,10-11,13-16H,9,12H2,1H3;1-5H,8H2,(H,9,10);1-2H3/b3-2+,5-4+;;. The zero-order chi connectivity index (χ0) is 24.3. The smallest absolute Gasteiger partial charge is 0.211 e. The molecule has 172 valence electrons. The SMILES string of the molecule is C/C=C/C=C/CCC(=O)c1ccc(-c2ccccc2)cc1.CC.Nc1ccccc1NC=O. The minimum atomic E-state index is 0.194. The first kappa shape index (κ1) is 27.1. The van der Waals surface area contributed by atoms with E-state index in [0.29, 0.717) is 24.2 Å². The van der Waals surface area contributed by atoms with E-state index < -0.39 is 0 Å². The highest BCUT2D eigenvalue weighted by Crippen LogP contribution is 2.20. The molecule has 0 spiro atoms. The van der Waals surface area contributed by atoms with Crippen LogP contribution < -0.4 is 11.1 Å². The Labute approximate surface area is 197 Å². The summed E-state index contributed by atoms with van der Waals surface area (Å²) in [5, 5.41) is 2.47. The Bertz CT molecular complexity index is 1010. The molecule has 0 aromatic heterocycles. The first-order chi connectivity index (χ1) is 16.2. The lowest BCUT2D eigenvalue weighted by atomic mass is 10.0. The lowest BCUT2D eigenvalue weighted by Gasteiger charge is -2.03. The van der Waals surface area contributed by atoms with E-state index in [4.69, 9.17) is 5.73 Å². The van der Waals surface area contributed by atoms with E-state index in [0.717, 1.165) is 17.5 Å². The topological polar surface area (TPSA) is 72.2 Å². The molecule has 0 aliphatic heterocycles. The van der Waals surface area contributed by atoms with Crippen molar-refractivity contribution in [1.82, 2.24) is 0 Å². The number of para-hydroxylation sites is 2. The van der Waals surface area contributed by atoms with Crippen molar-refractivity contribution in [2.75, 3.05) is 11.1 Å².